The van der Waals surface area contributed by atoms with Crippen molar-refractivity contribution in [2.45, 2.75) is 31.2 Å². The van der Waals surface area contributed by atoms with Crippen molar-refractivity contribution >= 4 is 10.0 Å². The predicted molar refractivity (Wildman–Crippen MR) is 87.5 cm³/mol. The number of nitrogens with zero attached hydrogens (tertiary/aromatic N) is 2. The zero-order valence-electron chi connectivity index (χ0n) is 13.4. The summed E-state index contributed by atoms with van der Waals surface area (Å²) in [5, 5.41) is 3.37. The predicted octanol–water partition coefficient (Wildman–Crippen LogP) is 0.972. The summed E-state index contributed by atoms with van der Waals surface area (Å²) in [5.41, 5.74) is 2.15. The molecule has 0 radical (unpaired) electrons. The molecule has 5 nitrogen and oxygen atoms in total. The van der Waals surface area contributed by atoms with Crippen LogP contribution in [0, 0.1) is 13.8 Å². The Balaban J connectivity index is 1.70. The molecule has 1 N–H and O–H groups in total. The van der Waals surface area contributed by atoms with Gasteiger partial charge in [-0.2, -0.15) is 4.31 Å². The van der Waals surface area contributed by atoms with Crippen molar-refractivity contribution in [3.05, 3.63) is 29.3 Å². The van der Waals surface area contributed by atoms with Crippen molar-refractivity contribution in [1.29, 1.82) is 0 Å². The summed E-state index contributed by atoms with van der Waals surface area (Å²) in [6.07, 6.45) is 1.17. The van der Waals surface area contributed by atoms with Gasteiger partial charge in [-0.15, -0.1) is 0 Å². The van der Waals surface area contributed by atoms with Gasteiger partial charge in [0, 0.05) is 38.8 Å². The first-order chi connectivity index (χ1) is 10.5. The van der Waals surface area contributed by atoms with E-state index in [1.807, 2.05) is 19.9 Å². The first-order valence-electron chi connectivity index (χ1n) is 8.00. The third kappa shape index (κ3) is 3.06. The quantitative estimate of drug-likeness (QED) is 0.901. The second-order valence-corrected chi connectivity index (χ2v) is 8.27. The third-order valence-electron chi connectivity index (χ3n) is 4.94. The van der Waals surface area contributed by atoms with Crippen molar-refractivity contribution < 1.29 is 8.42 Å². The number of sulfonamides is 1. The highest BCUT2D eigenvalue weighted by Crippen LogP contribution is 2.21. The summed E-state index contributed by atoms with van der Waals surface area (Å²) in [6.45, 7) is 8.90. The summed E-state index contributed by atoms with van der Waals surface area (Å²) < 4.78 is 27.2. The Kier molecular flexibility index (Phi) is 4.54. The van der Waals surface area contributed by atoms with Crippen LogP contribution in [0.3, 0.4) is 0 Å². The molecule has 0 bridgehead atoms. The lowest BCUT2D eigenvalue weighted by molar-refractivity contribution is 0.145. The average molecular weight is 323 g/mol. The van der Waals surface area contributed by atoms with Crippen molar-refractivity contribution in [3.63, 3.8) is 0 Å². The van der Waals surface area contributed by atoms with Gasteiger partial charge in [-0.3, -0.25) is 4.90 Å². The topological polar surface area (TPSA) is 52.7 Å². The van der Waals surface area contributed by atoms with Gasteiger partial charge in [0.25, 0.3) is 0 Å². The minimum absolute atomic E-state index is 0.423. The summed E-state index contributed by atoms with van der Waals surface area (Å²) in [5.74, 6) is 0. The normalized spacial score (nSPS) is 24.7. The van der Waals surface area contributed by atoms with Crippen LogP contribution in [-0.4, -0.2) is 62.9 Å². The molecular formula is C16H25N3O2S. The van der Waals surface area contributed by atoms with Crippen LogP contribution in [0.2, 0.25) is 0 Å². The fourth-order valence-electron chi connectivity index (χ4n) is 3.28. The molecule has 1 unspecified atom stereocenters. The number of rotatable bonds is 3. The van der Waals surface area contributed by atoms with Gasteiger partial charge in [-0.05, 0) is 50.1 Å². The van der Waals surface area contributed by atoms with Crippen molar-refractivity contribution in [3.8, 4) is 0 Å². The van der Waals surface area contributed by atoms with Crippen molar-refractivity contribution in [1.82, 2.24) is 14.5 Å². The largest absolute Gasteiger partial charge is 0.315 e. The molecule has 2 fully saturated rings. The fraction of sp³-hybridized carbons (Fsp3) is 0.625. The molecule has 0 spiro atoms. The van der Waals surface area contributed by atoms with E-state index in [0.29, 0.717) is 24.0 Å². The lowest BCUT2D eigenvalue weighted by Crippen LogP contribution is -2.52. The molecule has 2 aliphatic heterocycles. The Hall–Kier alpha value is -0.950. The highest BCUT2D eigenvalue weighted by molar-refractivity contribution is 7.89. The van der Waals surface area contributed by atoms with E-state index in [1.54, 1.807) is 16.4 Å². The molecule has 2 aliphatic rings. The molecule has 1 atom stereocenters. The molecule has 0 saturated carbocycles. The van der Waals surface area contributed by atoms with Crippen molar-refractivity contribution in [2.24, 2.45) is 0 Å². The lowest BCUT2D eigenvalue weighted by Gasteiger charge is -2.37. The molecular weight excluding hydrogens is 298 g/mol. The standard InChI is InChI=1S/C16H25N3O2S/c1-13-3-4-16(11-14(13)2)22(20,21)19-9-7-18(8-10-19)15-5-6-17-12-15/h3-4,11,15,17H,5-10,12H2,1-2H3. The van der Waals surface area contributed by atoms with Gasteiger partial charge in [0.05, 0.1) is 4.90 Å². The number of aryl methyl sites for hydroxylation is 2. The van der Waals surface area contributed by atoms with Gasteiger partial charge in [0.1, 0.15) is 0 Å². The number of piperazine rings is 1. The zero-order valence-corrected chi connectivity index (χ0v) is 14.2. The fourth-order valence-corrected chi connectivity index (χ4v) is 4.79. The maximum Gasteiger partial charge on any atom is 0.243 e. The Morgan fingerprint density at radius 3 is 2.41 bits per heavy atom. The van der Waals surface area contributed by atoms with Crippen LogP contribution < -0.4 is 5.32 Å². The maximum atomic E-state index is 12.8. The van der Waals surface area contributed by atoms with Gasteiger partial charge >= 0.3 is 0 Å². The van der Waals surface area contributed by atoms with E-state index in [0.717, 1.165) is 37.3 Å². The van der Waals surface area contributed by atoms with Crippen LogP contribution >= 0.6 is 0 Å². The van der Waals surface area contributed by atoms with Crippen molar-refractivity contribution in [2.75, 3.05) is 39.3 Å². The van der Waals surface area contributed by atoms with E-state index in [9.17, 15) is 8.42 Å². The van der Waals surface area contributed by atoms with Crippen LogP contribution in [0.15, 0.2) is 23.1 Å². The van der Waals surface area contributed by atoms with Gasteiger partial charge < -0.3 is 5.32 Å². The first kappa shape index (κ1) is 15.9. The molecule has 22 heavy (non-hydrogen) atoms. The van der Waals surface area contributed by atoms with E-state index < -0.39 is 10.0 Å². The Bertz CT molecular complexity index is 631. The highest BCUT2D eigenvalue weighted by Gasteiger charge is 2.31. The molecule has 3 rings (SSSR count). The Labute approximate surface area is 133 Å². The van der Waals surface area contributed by atoms with Gasteiger partial charge in [0.2, 0.25) is 10.0 Å². The molecule has 2 saturated heterocycles. The minimum atomic E-state index is -3.36. The second kappa shape index (κ2) is 6.28. The Morgan fingerprint density at radius 1 is 1.09 bits per heavy atom. The van der Waals surface area contributed by atoms with E-state index >= 15 is 0 Å². The smallest absolute Gasteiger partial charge is 0.243 e. The number of benzene rings is 1. The molecule has 122 valence electrons. The van der Waals surface area contributed by atoms with Crippen LogP contribution in [-0.2, 0) is 10.0 Å². The van der Waals surface area contributed by atoms with Crippen LogP contribution in [0.1, 0.15) is 17.5 Å². The third-order valence-corrected chi connectivity index (χ3v) is 6.83. The van der Waals surface area contributed by atoms with E-state index in [-0.39, 0.29) is 0 Å². The van der Waals surface area contributed by atoms with E-state index in [2.05, 4.69) is 10.2 Å². The van der Waals surface area contributed by atoms with E-state index in [4.69, 9.17) is 0 Å². The van der Waals surface area contributed by atoms with Crippen LogP contribution in [0.5, 0.6) is 0 Å². The van der Waals surface area contributed by atoms with Gasteiger partial charge in [0.15, 0.2) is 0 Å². The number of hydrogen-bond donors (Lipinski definition) is 1. The maximum absolute atomic E-state index is 12.8. The summed E-state index contributed by atoms with van der Waals surface area (Å²) in [4.78, 5) is 2.85. The second-order valence-electron chi connectivity index (χ2n) is 6.33. The minimum Gasteiger partial charge on any atom is -0.315 e. The SMILES string of the molecule is Cc1ccc(S(=O)(=O)N2CCN(C3CCNC3)CC2)cc1C. The molecule has 0 aromatic heterocycles. The lowest BCUT2D eigenvalue weighted by atomic mass is 10.1. The number of nitrogens with one attached hydrogen (secondary N) is 1. The summed E-state index contributed by atoms with van der Waals surface area (Å²) in [6, 6.07) is 5.98. The monoisotopic (exact) mass is 323 g/mol. The zero-order chi connectivity index (χ0) is 15.7. The number of hydrogen-bond acceptors (Lipinski definition) is 4. The highest BCUT2D eigenvalue weighted by atomic mass is 32.2. The Morgan fingerprint density at radius 2 is 1.82 bits per heavy atom. The summed E-state index contributed by atoms with van der Waals surface area (Å²) >= 11 is 0. The molecule has 0 aliphatic carbocycles. The molecule has 1 aromatic carbocycles. The summed E-state index contributed by atoms with van der Waals surface area (Å²) in [7, 11) is -3.36. The molecule has 1 aromatic rings. The first-order valence-corrected chi connectivity index (χ1v) is 9.44. The average Bonchev–Trinajstić information content (AvgIpc) is 3.04. The van der Waals surface area contributed by atoms with Crippen LogP contribution in [0.25, 0.3) is 0 Å². The van der Waals surface area contributed by atoms with Gasteiger partial charge in [-0.25, -0.2) is 8.42 Å². The molecule has 2 heterocycles. The van der Waals surface area contributed by atoms with Crippen LogP contribution in [0.4, 0.5) is 0 Å². The van der Waals surface area contributed by atoms with E-state index in [1.165, 1.54) is 6.42 Å². The van der Waals surface area contributed by atoms with Gasteiger partial charge in [-0.1, -0.05) is 6.07 Å². The molecule has 0 amide bonds. The molecule has 6 heteroatoms.